The molecule has 0 spiro atoms. The Morgan fingerprint density at radius 1 is 1.53 bits per heavy atom. The van der Waals surface area contributed by atoms with Crippen LogP contribution in [0.4, 0.5) is 0 Å². The summed E-state index contributed by atoms with van der Waals surface area (Å²) in [5.41, 5.74) is 0. The third kappa shape index (κ3) is 3.06. The fourth-order valence-electron chi connectivity index (χ4n) is 2.10. The van der Waals surface area contributed by atoms with Gasteiger partial charge in [-0.15, -0.1) is 0 Å². The third-order valence-corrected chi connectivity index (χ3v) is 3.32. The molecule has 0 bridgehead atoms. The molecular weight excluding hydrogens is 218 g/mol. The van der Waals surface area contributed by atoms with Gasteiger partial charge in [0.15, 0.2) is 0 Å². The number of carbonyl (C=O) groups excluding carboxylic acids is 1. The molecule has 1 amide bonds. The number of imidazole rings is 1. The van der Waals surface area contributed by atoms with Crippen LogP contribution in [0.25, 0.3) is 0 Å². The lowest BCUT2D eigenvalue weighted by atomic mass is 9.91. The van der Waals surface area contributed by atoms with Crippen LogP contribution in [0.1, 0.15) is 25.7 Å². The molecule has 1 heterocycles. The van der Waals surface area contributed by atoms with Crippen molar-refractivity contribution in [2.75, 3.05) is 13.2 Å². The normalized spacial score (nSPS) is 15.6. The monoisotopic (exact) mass is 237 g/mol. The molecule has 17 heavy (non-hydrogen) atoms. The Hall–Kier alpha value is -1.36. The molecule has 1 aromatic heterocycles. The molecule has 0 radical (unpaired) electrons. The van der Waals surface area contributed by atoms with E-state index in [0.29, 0.717) is 25.6 Å². The fourth-order valence-corrected chi connectivity index (χ4v) is 2.10. The Kier molecular flexibility index (Phi) is 4.14. The van der Waals surface area contributed by atoms with Crippen molar-refractivity contribution in [3.8, 4) is 0 Å². The standard InChI is InChI=1S/C12H19N3O2/c16-9-8-15(11-2-1-3-11)12(17)4-6-14-7-5-13-10-14/h5,7,10-11,16H,1-4,6,8-9H2. The van der Waals surface area contributed by atoms with Crippen LogP contribution in [0.2, 0.25) is 0 Å². The summed E-state index contributed by atoms with van der Waals surface area (Å²) in [4.78, 5) is 17.8. The van der Waals surface area contributed by atoms with Gasteiger partial charge in [0, 0.05) is 37.9 Å². The fraction of sp³-hybridized carbons (Fsp3) is 0.667. The Bertz CT molecular complexity index is 347. The van der Waals surface area contributed by atoms with Crippen LogP contribution in [-0.4, -0.2) is 44.7 Å². The summed E-state index contributed by atoms with van der Waals surface area (Å²) >= 11 is 0. The van der Waals surface area contributed by atoms with E-state index in [4.69, 9.17) is 5.11 Å². The zero-order chi connectivity index (χ0) is 12.1. The van der Waals surface area contributed by atoms with Gasteiger partial charge in [0.1, 0.15) is 0 Å². The van der Waals surface area contributed by atoms with Crippen LogP contribution >= 0.6 is 0 Å². The van der Waals surface area contributed by atoms with E-state index >= 15 is 0 Å². The molecule has 1 aromatic rings. The molecule has 0 unspecified atom stereocenters. The Morgan fingerprint density at radius 3 is 2.88 bits per heavy atom. The topological polar surface area (TPSA) is 58.4 Å². The number of aromatic nitrogens is 2. The molecule has 1 N–H and O–H groups in total. The smallest absolute Gasteiger partial charge is 0.224 e. The number of hydrogen-bond acceptors (Lipinski definition) is 3. The van der Waals surface area contributed by atoms with Crippen molar-refractivity contribution in [3.05, 3.63) is 18.7 Å². The number of carbonyl (C=O) groups is 1. The van der Waals surface area contributed by atoms with Gasteiger partial charge in [0.05, 0.1) is 12.9 Å². The van der Waals surface area contributed by atoms with Crippen LogP contribution in [0.3, 0.4) is 0 Å². The average molecular weight is 237 g/mol. The van der Waals surface area contributed by atoms with Crippen molar-refractivity contribution in [2.45, 2.75) is 38.3 Å². The number of hydrogen-bond donors (Lipinski definition) is 1. The van der Waals surface area contributed by atoms with Crippen LogP contribution < -0.4 is 0 Å². The van der Waals surface area contributed by atoms with Crippen molar-refractivity contribution in [2.24, 2.45) is 0 Å². The summed E-state index contributed by atoms with van der Waals surface area (Å²) in [7, 11) is 0. The van der Waals surface area contributed by atoms with E-state index in [0.717, 1.165) is 12.8 Å². The summed E-state index contributed by atoms with van der Waals surface area (Å²) < 4.78 is 1.90. The van der Waals surface area contributed by atoms with Crippen molar-refractivity contribution in [1.82, 2.24) is 14.5 Å². The summed E-state index contributed by atoms with van der Waals surface area (Å²) in [5.74, 6) is 0.137. The highest BCUT2D eigenvalue weighted by Crippen LogP contribution is 2.25. The van der Waals surface area contributed by atoms with Gasteiger partial charge in [-0.3, -0.25) is 4.79 Å². The van der Waals surface area contributed by atoms with Gasteiger partial charge >= 0.3 is 0 Å². The van der Waals surface area contributed by atoms with E-state index in [1.165, 1.54) is 6.42 Å². The van der Waals surface area contributed by atoms with E-state index in [9.17, 15) is 4.79 Å². The summed E-state index contributed by atoms with van der Waals surface area (Å²) in [6.45, 7) is 1.17. The minimum absolute atomic E-state index is 0.0489. The van der Waals surface area contributed by atoms with E-state index in [2.05, 4.69) is 4.98 Å². The second-order valence-electron chi connectivity index (χ2n) is 4.45. The SMILES string of the molecule is O=C(CCn1ccnc1)N(CCO)C1CCC1. The third-order valence-electron chi connectivity index (χ3n) is 3.32. The molecule has 2 rings (SSSR count). The maximum atomic E-state index is 12.0. The molecule has 1 saturated carbocycles. The molecule has 0 aromatic carbocycles. The summed E-state index contributed by atoms with van der Waals surface area (Å²) in [6, 6.07) is 0.359. The first-order valence-electron chi connectivity index (χ1n) is 6.17. The number of nitrogens with zero attached hydrogens (tertiary/aromatic N) is 3. The van der Waals surface area contributed by atoms with E-state index in [1.54, 1.807) is 12.5 Å². The molecule has 1 aliphatic carbocycles. The highest BCUT2D eigenvalue weighted by molar-refractivity contribution is 5.76. The van der Waals surface area contributed by atoms with Gasteiger partial charge in [0.2, 0.25) is 5.91 Å². The maximum absolute atomic E-state index is 12.0. The zero-order valence-electron chi connectivity index (χ0n) is 9.96. The summed E-state index contributed by atoms with van der Waals surface area (Å²) in [5, 5.41) is 9.00. The highest BCUT2D eigenvalue weighted by Gasteiger charge is 2.27. The second kappa shape index (κ2) is 5.82. The second-order valence-corrected chi connectivity index (χ2v) is 4.45. The number of rotatable bonds is 6. The Labute approximate surface area is 101 Å². The Morgan fingerprint density at radius 2 is 2.35 bits per heavy atom. The first-order valence-corrected chi connectivity index (χ1v) is 6.17. The minimum Gasteiger partial charge on any atom is -0.395 e. The molecule has 94 valence electrons. The van der Waals surface area contributed by atoms with Crippen LogP contribution in [0.5, 0.6) is 0 Å². The molecule has 0 atom stereocenters. The quantitative estimate of drug-likeness (QED) is 0.790. The van der Waals surface area contributed by atoms with E-state index < -0.39 is 0 Å². The van der Waals surface area contributed by atoms with Crippen LogP contribution in [0.15, 0.2) is 18.7 Å². The number of aliphatic hydroxyl groups is 1. The van der Waals surface area contributed by atoms with E-state index in [-0.39, 0.29) is 12.5 Å². The Balaban J connectivity index is 1.83. The maximum Gasteiger partial charge on any atom is 0.224 e. The first kappa shape index (κ1) is 12.1. The molecular formula is C12H19N3O2. The molecule has 0 saturated heterocycles. The van der Waals surface area contributed by atoms with Crippen LogP contribution in [0, 0.1) is 0 Å². The molecule has 5 nitrogen and oxygen atoms in total. The molecule has 0 aliphatic heterocycles. The zero-order valence-corrected chi connectivity index (χ0v) is 9.96. The first-order chi connectivity index (χ1) is 8.31. The minimum atomic E-state index is 0.0489. The predicted octanol–water partition coefficient (Wildman–Crippen LogP) is 0.647. The van der Waals surface area contributed by atoms with Crippen molar-refractivity contribution >= 4 is 5.91 Å². The summed E-state index contributed by atoms with van der Waals surface area (Å²) in [6.07, 6.45) is 9.11. The van der Waals surface area contributed by atoms with Gasteiger partial charge in [-0.2, -0.15) is 0 Å². The van der Waals surface area contributed by atoms with Gasteiger partial charge in [0.25, 0.3) is 0 Å². The van der Waals surface area contributed by atoms with Gasteiger partial charge in [-0.1, -0.05) is 0 Å². The number of aryl methyl sites for hydroxylation is 1. The predicted molar refractivity (Wildman–Crippen MR) is 63.3 cm³/mol. The van der Waals surface area contributed by atoms with Crippen molar-refractivity contribution in [1.29, 1.82) is 0 Å². The number of amides is 1. The number of aliphatic hydroxyl groups excluding tert-OH is 1. The molecule has 1 fully saturated rings. The van der Waals surface area contributed by atoms with Crippen LogP contribution in [-0.2, 0) is 11.3 Å². The lowest BCUT2D eigenvalue weighted by Crippen LogP contribution is -2.45. The largest absolute Gasteiger partial charge is 0.395 e. The molecule has 1 aliphatic rings. The van der Waals surface area contributed by atoms with Crippen molar-refractivity contribution in [3.63, 3.8) is 0 Å². The van der Waals surface area contributed by atoms with Gasteiger partial charge in [-0.05, 0) is 19.3 Å². The van der Waals surface area contributed by atoms with E-state index in [1.807, 2.05) is 15.7 Å². The lowest BCUT2D eigenvalue weighted by molar-refractivity contribution is -0.136. The van der Waals surface area contributed by atoms with Gasteiger partial charge in [-0.25, -0.2) is 4.98 Å². The lowest BCUT2D eigenvalue weighted by Gasteiger charge is -2.37. The highest BCUT2D eigenvalue weighted by atomic mass is 16.3. The van der Waals surface area contributed by atoms with Crippen molar-refractivity contribution < 1.29 is 9.90 Å². The molecule has 5 heteroatoms. The van der Waals surface area contributed by atoms with Gasteiger partial charge < -0.3 is 14.6 Å². The average Bonchev–Trinajstić information content (AvgIpc) is 2.75.